The van der Waals surface area contributed by atoms with Gasteiger partial charge >= 0.3 is 5.97 Å². The van der Waals surface area contributed by atoms with Gasteiger partial charge in [-0.15, -0.1) is 0 Å². The molecule has 0 fully saturated rings. The fourth-order valence-electron chi connectivity index (χ4n) is 2.11. The van der Waals surface area contributed by atoms with Crippen LogP contribution < -0.4 is 10.6 Å². The SMILES string of the molecule is COCCNC(=O)c1cc(Nc2cc(C(=O)OC)ccc2Cl)nc(C)n1. The number of rotatable bonds is 7. The van der Waals surface area contributed by atoms with E-state index in [0.29, 0.717) is 41.1 Å². The van der Waals surface area contributed by atoms with E-state index in [-0.39, 0.29) is 11.6 Å². The van der Waals surface area contributed by atoms with E-state index in [1.807, 2.05) is 0 Å². The van der Waals surface area contributed by atoms with Crippen molar-refractivity contribution in [3.05, 3.63) is 46.4 Å². The first-order valence-electron chi connectivity index (χ1n) is 7.72. The van der Waals surface area contributed by atoms with Crippen molar-refractivity contribution in [2.24, 2.45) is 0 Å². The van der Waals surface area contributed by atoms with E-state index in [1.54, 1.807) is 32.2 Å². The van der Waals surface area contributed by atoms with Gasteiger partial charge in [-0.3, -0.25) is 4.79 Å². The Balaban J connectivity index is 2.24. The van der Waals surface area contributed by atoms with Gasteiger partial charge in [0.05, 0.1) is 30.0 Å². The normalized spacial score (nSPS) is 10.3. The molecule has 26 heavy (non-hydrogen) atoms. The van der Waals surface area contributed by atoms with Gasteiger partial charge in [0.25, 0.3) is 5.91 Å². The molecule has 0 bridgehead atoms. The van der Waals surface area contributed by atoms with Crippen molar-refractivity contribution in [1.29, 1.82) is 0 Å². The number of hydrogen-bond donors (Lipinski definition) is 2. The van der Waals surface area contributed by atoms with Gasteiger partial charge < -0.3 is 20.1 Å². The number of carbonyl (C=O) groups is 2. The first-order valence-corrected chi connectivity index (χ1v) is 8.10. The Morgan fingerprint density at radius 3 is 2.65 bits per heavy atom. The number of benzene rings is 1. The molecule has 1 aromatic carbocycles. The van der Waals surface area contributed by atoms with Gasteiger partial charge in [-0.2, -0.15) is 0 Å². The molecule has 0 unspecified atom stereocenters. The molecule has 0 saturated heterocycles. The molecule has 138 valence electrons. The average Bonchev–Trinajstić information content (AvgIpc) is 2.62. The minimum Gasteiger partial charge on any atom is -0.465 e. The third-order valence-corrected chi connectivity index (χ3v) is 3.64. The van der Waals surface area contributed by atoms with Crippen LogP contribution in [0.4, 0.5) is 11.5 Å². The maximum absolute atomic E-state index is 12.2. The lowest BCUT2D eigenvalue weighted by Crippen LogP contribution is -2.28. The van der Waals surface area contributed by atoms with Gasteiger partial charge in [0, 0.05) is 19.7 Å². The molecule has 0 spiro atoms. The van der Waals surface area contributed by atoms with Gasteiger partial charge in [-0.1, -0.05) is 11.6 Å². The monoisotopic (exact) mass is 378 g/mol. The van der Waals surface area contributed by atoms with E-state index in [2.05, 4.69) is 20.6 Å². The molecule has 1 aromatic heterocycles. The van der Waals surface area contributed by atoms with Crippen molar-refractivity contribution in [3.63, 3.8) is 0 Å². The summed E-state index contributed by atoms with van der Waals surface area (Å²) in [6, 6.07) is 6.17. The fraction of sp³-hybridized carbons (Fsp3) is 0.294. The third kappa shape index (κ3) is 5.14. The maximum Gasteiger partial charge on any atom is 0.337 e. The highest BCUT2D eigenvalue weighted by Gasteiger charge is 2.13. The maximum atomic E-state index is 12.2. The quantitative estimate of drug-likeness (QED) is 0.563. The Morgan fingerprint density at radius 2 is 1.96 bits per heavy atom. The zero-order valence-corrected chi connectivity index (χ0v) is 15.4. The minimum absolute atomic E-state index is 0.205. The van der Waals surface area contributed by atoms with Crippen molar-refractivity contribution in [1.82, 2.24) is 15.3 Å². The van der Waals surface area contributed by atoms with Gasteiger partial charge in [0.2, 0.25) is 0 Å². The number of methoxy groups -OCH3 is 2. The molecule has 8 nitrogen and oxygen atoms in total. The molecule has 2 N–H and O–H groups in total. The van der Waals surface area contributed by atoms with E-state index < -0.39 is 5.97 Å². The average molecular weight is 379 g/mol. The summed E-state index contributed by atoms with van der Waals surface area (Å²) < 4.78 is 9.59. The van der Waals surface area contributed by atoms with Crippen molar-refractivity contribution in [2.75, 3.05) is 32.7 Å². The molecular weight excluding hydrogens is 360 g/mol. The molecule has 0 atom stereocenters. The van der Waals surface area contributed by atoms with Crippen LogP contribution in [0.3, 0.4) is 0 Å². The molecular formula is C17H19ClN4O4. The van der Waals surface area contributed by atoms with Crippen LogP contribution in [-0.2, 0) is 9.47 Å². The van der Waals surface area contributed by atoms with Crippen molar-refractivity contribution >= 4 is 35.0 Å². The summed E-state index contributed by atoms with van der Waals surface area (Å²) in [5.41, 5.74) is 0.998. The predicted octanol–water partition coefficient (Wildman–Crippen LogP) is 2.34. The zero-order valence-electron chi connectivity index (χ0n) is 14.6. The van der Waals surface area contributed by atoms with Crippen LogP contribution in [-0.4, -0.2) is 49.2 Å². The number of aryl methyl sites for hydroxylation is 1. The van der Waals surface area contributed by atoms with Crippen molar-refractivity contribution in [3.8, 4) is 0 Å². The molecule has 0 aliphatic rings. The van der Waals surface area contributed by atoms with Crippen LogP contribution in [0.2, 0.25) is 5.02 Å². The fourth-order valence-corrected chi connectivity index (χ4v) is 2.27. The number of aromatic nitrogens is 2. The number of halogens is 1. The second kappa shape index (κ2) is 9.12. The van der Waals surface area contributed by atoms with Gasteiger partial charge in [0.15, 0.2) is 0 Å². The lowest BCUT2D eigenvalue weighted by atomic mass is 10.2. The molecule has 0 aliphatic carbocycles. The number of amides is 1. The first-order chi connectivity index (χ1) is 12.4. The molecule has 0 radical (unpaired) electrons. The van der Waals surface area contributed by atoms with Crippen LogP contribution in [0.5, 0.6) is 0 Å². The summed E-state index contributed by atoms with van der Waals surface area (Å²) in [5.74, 6) is -0.0442. The lowest BCUT2D eigenvalue weighted by Gasteiger charge is -2.11. The van der Waals surface area contributed by atoms with E-state index in [9.17, 15) is 9.59 Å². The Hall–Kier alpha value is -2.71. The van der Waals surface area contributed by atoms with Crippen LogP contribution in [0.25, 0.3) is 0 Å². The third-order valence-electron chi connectivity index (χ3n) is 3.31. The summed E-state index contributed by atoms with van der Waals surface area (Å²) >= 11 is 6.17. The smallest absolute Gasteiger partial charge is 0.337 e. The predicted molar refractivity (Wildman–Crippen MR) is 97.1 cm³/mol. The van der Waals surface area contributed by atoms with Gasteiger partial charge in [0.1, 0.15) is 17.3 Å². The number of nitrogens with zero attached hydrogens (tertiary/aromatic N) is 2. The number of carbonyl (C=O) groups excluding carboxylic acids is 2. The Bertz CT molecular complexity index is 813. The number of nitrogens with one attached hydrogen (secondary N) is 2. The van der Waals surface area contributed by atoms with E-state index in [4.69, 9.17) is 21.1 Å². The molecule has 0 saturated carbocycles. The highest BCUT2D eigenvalue weighted by Crippen LogP contribution is 2.26. The number of hydrogen-bond acceptors (Lipinski definition) is 7. The summed E-state index contributed by atoms with van der Waals surface area (Å²) in [7, 11) is 2.85. The molecule has 2 aromatic rings. The Labute approximate surface area is 155 Å². The topological polar surface area (TPSA) is 102 Å². The molecule has 1 amide bonds. The van der Waals surface area contributed by atoms with Crippen molar-refractivity contribution in [2.45, 2.75) is 6.92 Å². The molecule has 1 heterocycles. The minimum atomic E-state index is -0.484. The van der Waals surface area contributed by atoms with E-state index in [1.165, 1.54) is 13.2 Å². The molecule has 9 heteroatoms. The van der Waals surface area contributed by atoms with Crippen molar-refractivity contribution < 1.29 is 19.1 Å². The second-order valence-corrected chi connectivity index (χ2v) is 5.65. The summed E-state index contributed by atoms with van der Waals surface area (Å²) in [6.45, 7) is 2.44. The zero-order chi connectivity index (χ0) is 19.1. The summed E-state index contributed by atoms with van der Waals surface area (Å²) in [5, 5.41) is 6.08. The highest BCUT2D eigenvalue weighted by atomic mass is 35.5. The van der Waals surface area contributed by atoms with Crippen LogP contribution in [0.15, 0.2) is 24.3 Å². The summed E-state index contributed by atoms with van der Waals surface area (Å²) in [4.78, 5) is 32.2. The molecule has 0 aliphatic heterocycles. The standard InChI is InChI=1S/C17H19ClN4O4/c1-10-20-14(16(23)19-6-7-25-2)9-15(21-10)22-13-8-11(17(24)26-3)4-5-12(13)18/h4-5,8-9H,6-7H2,1-3H3,(H,19,23)(H,20,21,22). The first kappa shape index (κ1) is 19.6. The van der Waals surface area contributed by atoms with E-state index in [0.717, 1.165) is 0 Å². The highest BCUT2D eigenvalue weighted by molar-refractivity contribution is 6.33. The van der Waals surface area contributed by atoms with Crippen LogP contribution in [0.1, 0.15) is 26.7 Å². The van der Waals surface area contributed by atoms with Crippen LogP contribution >= 0.6 is 11.6 Å². The Kier molecular flexibility index (Phi) is 6.88. The number of anilines is 2. The molecule has 2 rings (SSSR count). The van der Waals surface area contributed by atoms with Gasteiger partial charge in [-0.05, 0) is 25.1 Å². The largest absolute Gasteiger partial charge is 0.465 e. The number of ether oxygens (including phenoxy) is 2. The Morgan fingerprint density at radius 1 is 1.19 bits per heavy atom. The van der Waals surface area contributed by atoms with Gasteiger partial charge in [-0.25, -0.2) is 14.8 Å². The second-order valence-electron chi connectivity index (χ2n) is 5.25. The van der Waals surface area contributed by atoms with E-state index >= 15 is 0 Å². The summed E-state index contributed by atoms with van der Waals surface area (Å²) in [6.07, 6.45) is 0. The lowest BCUT2D eigenvalue weighted by molar-refractivity contribution is 0.0600. The van der Waals surface area contributed by atoms with Crippen LogP contribution in [0, 0.1) is 6.92 Å². The number of esters is 1.